The Bertz CT molecular complexity index is 1000. The third-order valence-corrected chi connectivity index (χ3v) is 11.0. The molecule has 0 bridgehead atoms. The first-order valence-electron chi connectivity index (χ1n) is 9.60. The molecule has 2 aromatic rings. The number of carbonyl (C=O) groups is 1. The summed E-state index contributed by atoms with van der Waals surface area (Å²) >= 11 is 0.917. The van der Waals surface area contributed by atoms with Gasteiger partial charge in [0.25, 0.3) is 0 Å². The van der Waals surface area contributed by atoms with Gasteiger partial charge in [-0.1, -0.05) is 32.1 Å². The van der Waals surface area contributed by atoms with Crippen molar-refractivity contribution in [3.05, 3.63) is 15.9 Å². The minimum Gasteiger partial charge on any atom is -0.457 e. The third kappa shape index (κ3) is 4.28. The molecule has 0 spiro atoms. The summed E-state index contributed by atoms with van der Waals surface area (Å²) in [4.78, 5) is 31.9. The lowest BCUT2D eigenvalue weighted by molar-refractivity contribution is -0.153. The summed E-state index contributed by atoms with van der Waals surface area (Å²) in [6.45, 7) is 11.9. The van der Waals surface area contributed by atoms with Crippen molar-refractivity contribution in [2.45, 2.75) is 70.4 Å². The van der Waals surface area contributed by atoms with E-state index in [9.17, 15) is 14.7 Å². The number of hydrogen-bond acceptors (Lipinski definition) is 10. The van der Waals surface area contributed by atoms with Crippen LogP contribution in [0.25, 0.3) is 10.3 Å². The van der Waals surface area contributed by atoms with E-state index in [0.29, 0.717) is 4.70 Å². The lowest BCUT2D eigenvalue weighted by Crippen LogP contribution is -2.45. The van der Waals surface area contributed by atoms with Crippen LogP contribution in [0.2, 0.25) is 18.1 Å². The lowest BCUT2D eigenvalue weighted by Gasteiger charge is -2.37. The Kier molecular flexibility index (Phi) is 6.08. The molecule has 1 saturated heterocycles. The lowest BCUT2D eigenvalue weighted by atomic mass is 10.1. The van der Waals surface area contributed by atoms with E-state index in [1.165, 1.54) is 17.7 Å². The number of esters is 1. The molecule has 3 heterocycles. The predicted molar refractivity (Wildman–Crippen MR) is 115 cm³/mol. The van der Waals surface area contributed by atoms with Crippen LogP contribution in [0.5, 0.6) is 0 Å². The molecule has 1 fully saturated rings. The number of hydrogen-bond donors (Lipinski definition) is 2. The Morgan fingerprint density at radius 2 is 2.10 bits per heavy atom. The molecule has 1 aliphatic heterocycles. The van der Waals surface area contributed by atoms with E-state index in [-0.39, 0.29) is 28.1 Å². The number of fused-ring (bicyclic) bond motifs is 1. The highest BCUT2D eigenvalue weighted by atomic mass is 32.1. The molecule has 0 amide bonds. The molecule has 0 saturated carbocycles. The van der Waals surface area contributed by atoms with E-state index < -0.39 is 38.8 Å². The van der Waals surface area contributed by atoms with Crippen molar-refractivity contribution < 1.29 is 23.8 Å². The van der Waals surface area contributed by atoms with E-state index in [1.807, 2.05) is 0 Å². The topological polar surface area (TPSA) is 139 Å². The molecule has 2 aromatic heterocycles. The number of nitrogen functional groups attached to an aromatic ring is 1. The van der Waals surface area contributed by atoms with E-state index in [0.717, 1.165) is 11.3 Å². The maximum Gasteiger partial charge on any atom is 0.311 e. The minimum absolute atomic E-state index is 0.00381. The van der Waals surface area contributed by atoms with Crippen LogP contribution in [0.4, 0.5) is 5.95 Å². The van der Waals surface area contributed by atoms with Gasteiger partial charge in [0, 0.05) is 6.92 Å². The van der Waals surface area contributed by atoms with Gasteiger partial charge < -0.3 is 24.7 Å². The number of ether oxygens (including phenoxy) is 2. The molecule has 166 valence electrons. The molecular weight excluding hydrogens is 428 g/mol. The number of nitrogens with two attached hydrogens (primary N) is 1. The predicted octanol–water partition coefficient (Wildman–Crippen LogP) is 1.65. The van der Waals surface area contributed by atoms with Crippen molar-refractivity contribution in [1.29, 1.82) is 0 Å². The number of thiazole rings is 1. The van der Waals surface area contributed by atoms with Crippen molar-refractivity contribution in [2.75, 3.05) is 12.3 Å². The number of aliphatic hydroxyl groups excluding tert-OH is 1. The number of aliphatic hydroxyl groups is 1. The highest BCUT2D eigenvalue weighted by Crippen LogP contribution is 2.38. The average Bonchev–Trinajstić information content (AvgIpc) is 3.08. The summed E-state index contributed by atoms with van der Waals surface area (Å²) in [5, 5.41) is 10.9. The fraction of sp³-hybridized carbons (Fsp3) is 0.667. The summed E-state index contributed by atoms with van der Waals surface area (Å²) in [7, 11) is -2.12. The van der Waals surface area contributed by atoms with Crippen molar-refractivity contribution in [3.63, 3.8) is 0 Å². The highest BCUT2D eigenvalue weighted by Gasteiger charge is 2.49. The van der Waals surface area contributed by atoms with Gasteiger partial charge in [0.05, 0.1) is 17.5 Å². The molecule has 3 N–H and O–H groups in total. The van der Waals surface area contributed by atoms with Crippen molar-refractivity contribution >= 4 is 41.9 Å². The SMILES string of the molecule is CC(=O)O[C@H]1[C@@H](O)[C@H](n2c(=O)sc3cnc(N)nc32)O[C@@H]1CO[Si](C)(C)C(C)(C)C. The zero-order valence-corrected chi connectivity index (χ0v) is 19.7. The number of carbonyl (C=O) groups excluding carboxylic acids is 1. The van der Waals surface area contributed by atoms with Crippen LogP contribution in [0, 0.1) is 0 Å². The van der Waals surface area contributed by atoms with Gasteiger partial charge in [-0.3, -0.25) is 14.2 Å². The molecule has 10 nitrogen and oxygen atoms in total. The Hall–Kier alpha value is -1.86. The molecule has 0 unspecified atom stereocenters. The van der Waals surface area contributed by atoms with Crippen molar-refractivity contribution in [1.82, 2.24) is 14.5 Å². The van der Waals surface area contributed by atoms with Crippen LogP contribution in [0.1, 0.15) is 33.9 Å². The van der Waals surface area contributed by atoms with Gasteiger partial charge in [0.2, 0.25) is 5.95 Å². The first kappa shape index (κ1) is 22.8. The number of aromatic nitrogens is 3. The van der Waals surface area contributed by atoms with Gasteiger partial charge in [-0.2, -0.15) is 4.98 Å². The Labute approximate surface area is 179 Å². The van der Waals surface area contributed by atoms with Crippen LogP contribution in [-0.4, -0.2) is 58.8 Å². The molecule has 1 aliphatic rings. The average molecular weight is 457 g/mol. The standard InChI is InChI=1S/C18H28N4O6SSi/c1-9(23)27-13-10(8-26-30(5,6)18(2,3)4)28-15(12(13)24)22-14-11(29-17(22)25)7-20-16(19)21-14/h7,10,12-13,15,24H,8H2,1-6H3,(H2,19,20,21)/t10-,12-,13-,15-/m1/s1. The van der Waals surface area contributed by atoms with Crippen LogP contribution in [-0.2, 0) is 18.7 Å². The summed E-state index contributed by atoms with van der Waals surface area (Å²) < 4.78 is 19.3. The Morgan fingerprint density at radius 1 is 1.43 bits per heavy atom. The second-order valence-corrected chi connectivity index (χ2v) is 14.7. The number of nitrogens with zero attached hydrogens (tertiary/aromatic N) is 3. The second kappa shape index (κ2) is 8.00. The van der Waals surface area contributed by atoms with E-state index in [1.54, 1.807) is 0 Å². The zero-order chi connectivity index (χ0) is 22.4. The summed E-state index contributed by atoms with van der Waals surface area (Å²) in [6, 6.07) is 0. The molecule has 0 aromatic carbocycles. The molecule has 30 heavy (non-hydrogen) atoms. The molecule has 12 heteroatoms. The monoisotopic (exact) mass is 456 g/mol. The summed E-state index contributed by atoms with van der Waals surface area (Å²) in [6.07, 6.45) is -2.67. The van der Waals surface area contributed by atoms with Crippen LogP contribution < -0.4 is 10.6 Å². The molecular formula is C18H28N4O6SSi. The van der Waals surface area contributed by atoms with Gasteiger partial charge in [-0.25, -0.2) is 4.98 Å². The van der Waals surface area contributed by atoms with Crippen LogP contribution >= 0.6 is 11.3 Å². The Balaban J connectivity index is 1.93. The largest absolute Gasteiger partial charge is 0.457 e. The zero-order valence-electron chi connectivity index (χ0n) is 17.9. The minimum atomic E-state index is -2.12. The van der Waals surface area contributed by atoms with E-state index in [2.05, 4.69) is 43.8 Å². The van der Waals surface area contributed by atoms with Crippen LogP contribution in [0.15, 0.2) is 11.0 Å². The first-order chi connectivity index (χ1) is 13.8. The molecule has 3 rings (SSSR count). The molecule has 0 aliphatic carbocycles. The van der Waals surface area contributed by atoms with Gasteiger partial charge in [0.15, 0.2) is 26.3 Å². The van der Waals surface area contributed by atoms with E-state index >= 15 is 0 Å². The quantitative estimate of drug-likeness (QED) is 0.508. The third-order valence-electron chi connectivity index (χ3n) is 5.66. The maximum absolute atomic E-state index is 12.6. The number of anilines is 1. The summed E-state index contributed by atoms with van der Waals surface area (Å²) in [5.41, 5.74) is 5.93. The smallest absolute Gasteiger partial charge is 0.311 e. The number of rotatable bonds is 5. The van der Waals surface area contributed by atoms with Crippen molar-refractivity contribution in [2.24, 2.45) is 0 Å². The normalized spacial score (nSPS) is 25.0. The van der Waals surface area contributed by atoms with Gasteiger partial charge in [-0.05, 0) is 18.1 Å². The van der Waals surface area contributed by atoms with Gasteiger partial charge >= 0.3 is 10.8 Å². The maximum atomic E-state index is 12.6. The van der Waals surface area contributed by atoms with Gasteiger partial charge in [0.1, 0.15) is 12.2 Å². The van der Waals surface area contributed by atoms with Crippen molar-refractivity contribution in [3.8, 4) is 0 Å². The van der Waals surface area contributed by atoms with E-state index in [4.69, 9.17) is 19.6 Å². The highest BCUT2D eigenvalue weighted by molar-refractivity contribution is 7.16. The Morgan fingerprint density at radius 3 is 2.70 bits per heavy atom. The fourth-order valence-electron chi connectivity index (χ4n) is 2.98. The molecule has 4 atom stereocenters. The van der Waals surface area contributed by atoms with Gasteiger partial charge in [-0.15, -0.1) is 0 Å². The molecule has 0 radical (unpaired) electrons. The summed E-state index contributed by atoms with van der Waals surface area (Å²) in [5.74, 6) is -0.564. The van der Waals surface area contributed by atoms with Crippen LogP contribution in [0.3, 0.4) is 0 Å². The first-order valence-corrected chi connectivity index (χ1v) is 13.3. The fourth-order valence-corrected chi connectivity index (χ4v) is 4.82. The second-order valence-electron chi connectivity index (χ2n) is 8.86.